The summed E-state index contributed by atoms with van der Waals surface area (Å²) in [5.41, 5.74) is 6.19. The topological polar surface area (TPSA) is 50.8 Å². The van der Waals surface area contributed by atoms with Gasteiger partial charge in [-0.3, -0.25) is 4.79 Å². The van der Waals surface area contributed by atoms with Crippen LogP contribution in [0.1, 0.15) is 41.0 Å². The summed E-state index contributed by atoms with van der Waals surface area (Å²) < 4.78 is 11.3. The van der Waals surface area contributed by atoms with Crippen LogP contribution < -0.4 is 14.8 Å². The normalized spacial score (nSPS) is 18.8. The van der Waals surface area contributed by atoms with E-state index in [1.54, 1.807) is 0 Å². The molecule has 0 fully saturated rings. The van der Waals surface area contributed by atoms with Crippen molar-refractivity contribution >= 4 is 24.0 Å². The fourth-order valence-corrected chi connectivity index (χ4v) is 4.78. The highest BCUT2D eigenvalue weighted by molar-refractivity contribution is 5.99. The van der Waals surface area contributed by atoms with E-state index >= 15 is 0 Å². The third-order valence-corrected chi connectivity index (χ3v) is 6.21. The van der Waals surface area contributed by atoms with Gasteiger partial charge in [-0.15, -0.1) is 12.4 Å². The third kappa shape index (κ3) is 3.94. The van der Waals surface area contributed by atoms with Crippen molar-refractivity contribution in [2.75, 3.05) is 32.2 Å². The van der Waals surface area contributed by atoms with Crippen molar-refractivity contribution in [3.63, 3.8) is 0 Å². The summed E-state index contributed by atoms with van der Waals surface area (Å²) in [5.74, 6) is 2.52. The number of anilines is 1. The second kappa shape index (κ2) is 8.25. The molecule has 1 amide bonds. The molecule has 5 nitrogen and oxygen atoms in total. The van der Waals surface area contributed by atoms with Crippen molar-refractivity contribution < 1.29 is 14.3 Å². The van der Waals surface area contributed by atoms with Gasteiger partial charge in [0.25, 0.3) is 0 Å². The van der Waals surface area contributed by atoms with Crippen LogP contribution in [0.3, 0.4) is 0 Å². The first kappa shape index (κ1) is 20.0. The highest BCUT2D eigenvalue weighted by Crippen LogP contribution is 2.44. The average Bonchev–Trinajstić information content (AvgIpc) is 3.31. The molecule has 1 atom stereocenters. The number of likely N-dealkylation sites (N-methyl/N-ethyl adjacent to an activating group) is 1. The number of ether oxygens (including phenoxy) is 2. The lowest BCUT2D eigenvalue weighted by atomic mass is 9.82. The molecule has 2 aromatic carbocycles. The van der Waals surface area contributed by atoms with Gasteiger partial charge in [0.1, 0.15) is 0 Å². The zero-order valence-corrected chi connectivity index (χ0v) is 17.5. The molecule has 3 aliphatic rings. The predicted molar refractivity (Wildman–Crippen MR) is 115 cm³/mol. The molecule has 0 radical (unpaired) electrons. The molecule has 1 N–H and O–H groups in total. The van der Waals surface area contributed by atoms with Gasteiger partial charge in [0.2, 0.25) is 12.7 Å². The van der Waals surface area contributed by atoms with E-state index in [-0.39, 0.29) is 18.3 Å². The van der Waals surface area contributed by atoms with Crippen molar-refractivity contribution in [1.82, 2.24) is 4.90 Å². The van der Waals surface area contributed by atoms with Crippen LogP contribution in [-0.2, 0) is 24.1 Å². The minimum absolute atomic E-state index is 0. The first-order valence-corrected chi connectivity index (χ1v) is 10.2. The van der Waals surface area contributed by atoms with E-state index in [1.807, 2.05) is 6.07 Å². The van der Waals surface area contributed by atoms with Gasteiger partial charge in [-0.1, -0.05) is 18.2 Å². The minimum atomic E-state index is 0. The molecule has 0 spiro atoms. The van der Waals surface area contributed by atoms with Crippen molar-refractivity contribution in [1.29, 1.82) is 0 Å². The summed E-state index contributed by atoms with van der Waals surface area (Å²) in [6.07, 6.45) is 5.03. The van der Waals surface area contributed by atoms with Crippen molar-refractivity contribution in [3.05, 3.63) is 52.6 Å². The SMILES string of the molecule is CN(CCc1ccc2c(c1)CC(=O)N2)C[C@@H]1CCCc2c1ccc1c2OCO1.Cl. The Hall–Kier alpha value is -2.24. The van der Waals surface area contributed by atoms with Gasteiger partial charge in [-0.25, -0.2) is 0 Å². The largest absolute Gasteiger partial charge is 0.454 e. The molecular formula is C23H27ClN2O3. The monoisotopic (exact) mass is 414 g/mol. The number of carbonyl (C=O) groups excluding carboxylic acids is 1. The van der Waals surface area contributed by atoms with Crippen LogP contribution in [-0.4, -0.2) is 37.7 Å². The van der Waals surface area contributed by atoms with Crippen LogP contribution in [0, 0.1) is 0 Å². The number of benzene rings is 2. The maximum Gasteiger partial charge on any atom is 0.231 e. The summed E-state index contributed by atoms with van der Waals surface area (Å²) in [6, 6.07) is 10.7. The zero-order chi connectivity index (χ0) is 19.1. The van der Waals surface area contributed by atoms with Crippen molar-refractivity contribution in [3.8, 4) is 11.5 Å². The Bertz CT molecular complexity index is 931. The van der Waals surface area contributed by atoms with E-state index in [0.29, 0.717) is 19.1 Å². The van der Waals surface area contributed by atoms with E-state index in [4.69, 9.17) is 9.47 Å². The molecule has 5 rings (SSSR count). The Kier molecular flexibility index (Phi) is 5.70. The smallest absolute Gasteiger partial charge is 0.231 e. The van der Waals surface area contributed by atoms with Gasteiger partial charge in [-0.05, 0) is 67.5 Å². The quantitative estimate of drug-likeness (QED) is 0.805. The molecule has 2 aliphatic heterocycles. The van der Waals surface area contributed by atoms with Gasteiger partial charge in [0.05, 0.1) is 6.42 Å². The zero-order valence-electron chi connectivity index (χ0n) is 16.7. The first-order chi connectivity index (χ1) is 13.7. The third-order valence-electron chi connectivity index (χ3n) is 6.21. The van der Waals surface area contributed by atoms with Crippen LogP contribution in [0.4, 0.5) is 5.69 Å². The fraction of sp³-hybridized carbons (Fsp3) is 0.435. The molecule has 0 unspecified atom stereocenters. The molecule has 1 aliphatic carbocycles. The number of nitrogens with one attached hydrogen (secondary N) is 1. The second-order valence-corrected chi connectivity index (χ2v) is 8.18. The lowest BCUT2D eigenvalue weighted by molar-refractivity contribution is -0.115. The summed E-state index contributed by atoms with van der Waals surface area (Å²) in [4.78, 5) is 14.0. The number of rotatable bonds is 5. The summed E-state index contributed by atoms with van der Waals surface area (Å²) >= 11 is 0. The number of nitrogens with zero attached hydrogens (tertiary/aromatic N) is 1. The van der Waals surface area contributed by atoms with Crippen LogP contribution in [0.2, 0.25) is 0 Å². The van der Waals surface area contributed by atoms with E-state index in [1.165, 1.54) is 29.5 Å². The number of amides is 1. The van der Waals surface area contributed by atoms with Crippen LogP contribution in [0.25, 0.3) is 0 Å². The lowest BCUT2D eigenvalue weighted by Gasteiger charge is -2.30. The Morgan fingerprint density at radius 3 is 3.00 bits per heavy atom. The van der Waals surface area contributed by atoms with E-state index in [2.05, 4.69) is 41.5 Å². The number of fused-ring (bicyclic) bond motifs is 4. The molecule has 6 heteroatoms. The Balaban J connectivity index is 0.00000205. The van der Waals surface area contributed by atoms with Gasteiger partial charge in [-0.2, -0.15) is 0 Å². The van der Waals surface area contributed by atoms with Crippen LogP contribution >= 0.6 is 12.4 Å². The molecule has 29 heavy (non-hydrogen) atoms. The maximum atomic E-state index is 11.5. The first-order valence-electron chi connectivity index (χ1n) is 10.2. The van der Waals surface area contributed by atoms with E-state index in [9.17, 15) is 4.79 Å². The molecule has 0 saturated heterocycles. The molecule has 0 saturated carbocycles. The van der Waals surface area contributed by atoms with Crippen molar-refractivity contribution in [2.24, 2.45) is 0 Å². The van der Waals surface area contributed by atoms with E-state index < -0.39 is 0 Å². The highest BCUT2D eigenvalue weighted by Gasteiger charge is 2.28. The summed E-state index contributed by atoms with van der Waals surface area (Å²) in [6.45, 7) is 2.41. The van der Waals surface area contributed by atoms with E-state index in [0.717, 1.165) is 48.7 Å². The summed E-state index contributed by atoms with van der Waals surface area (Å²) in [5, 5.41) is 2.90. The van der Waals surface area contributed by atoms with Crippen molar-refractivity contribution in [2.45, 2.75) is 38.0 Å². The molecular weight excluding hydrogens is 388 g/mol. The number of halogens is 1. The minimum Gasteiger partial charge on any atom is -0.454 e. The van der Waals surface area contributed by atoms with Gasteiger partial charge < -0.3 is 19.7 Å². The molecule has 0 aromatic heterocycles. The van der Waals surface area contributed by atoms with Gasteiger partial charge in [0.15, 0.2) is 11.5 Å². The summed E-state index contributed by atoms with van der Waals surface area (Å²) in [7, 11) is 2.21. The Labute approximate surface area is 177 Å². The second-order valence-electron chi connectivity index (χ2n) is 8.18. The molecule has 0 bridgehead atoms. The maximum absolute atomic E-state index is 11.5. The Morgan fingerprint density at radius 1 is 1.21 bits per heavy atom. The van der Waals surface area contributed by atoms with Crippen LogP contribution in [0.5, 0.6) is 11.5 Å². The lowest BCUT2D eigenvalue weighted by Crippen LogP contribution is -2.28. The van der Waals surface area contributed by atoms with Gasteiger partial charge >= 0.3 is 0 Å². The standard InChI is InChI=1S/C23H26N2O3.ClH/c1-25(10-9-15-5-7-20-17(11-15)12-22(26)24-20)13-16-3-2-4-19-18(16)6-8-21-23(19)28-14-27-21;/h5-8,11,16H,2-4,9-10,12-14H2,1H3,(H,24,26);1H/t16-;/m0./s1. The molecule has 2 heterocycles. The molecule has 154 valence electrons. The molecule has 2 aromatic rings. The highest BCUT2D eigenvalue weighted by atomic mass is 35.5. The predicted octanol–water partition coefficient (Wildman–Crippen LogP) is 3.93. The van der Waals surface area contributed by atoms with Gasteiger partial charge in [0, 0.05) is 24.3 Å². The van der Waals surface area contributed by atoms with Crippen LogP contribution in [0.15, 0.2) is 30.3 Å². The number of hydrogen-bond acceptors (Lipinski definition) is 4. The Morgan fingerprint density at radius 2 is 2.10 bits per heavy atom. The number of hydrogen-bond donors (Lipinski definition) is 1. The average molecular weight is 415 g/mol. The fourth-order valence-electron chi connectivity index (χ4n) is 4.78. The number of carbonyl (C=O) groups is 1.